The molecule has 0 saturated carbocycles. The summed E-state index contributed by atoms with van der Waals surface area (Å²) in [5, 5.41) is 3.29. The lowest BCUT2D eigenvalue weighted by Crippen LogP contribution is -2.45. The molecule has 128 valence electrons. The third kappa shape index (κ3) is 3.93. The van der Waals surface area contributed by atoms with Crippen molar-refractivity contribution in [2.24, 2.45) is 0 Å². The average molecular weight is 345 g/mol. The number of aromatic nitrogens is 2. The van der Waals surface area contributed by atoms with Gasteiger partial charge in [-0.1, -0.05) is 6.92 Å². The zero-order valence-corrected chi connectivity index (χ0v) is 15.0. The third-order valence-corrected chi connectivity index (χ3v) is 5.37. The molecule has 1 aliphatic rings. The number of hydrogen-bond donors (Lipinski definition) is 0. The summed E-state index contributed by atoms with van der Waals surface area (Å²) in [6.45, 7) is 5.45. The van der Waals surface area contributed by atoms with E-state index in [0.717, 1.165) is 43.1 Å². The second kappa shape index (κ2) is 7.75. The smallest absolute Gasteiger partial charge is 0.263 e. The van der Waals surface area contributed by atoms with E-state index in [1.165, 1.54) is 0 Å². The molecule has 0 bridgehead atoms. The Kier molecular flexibility index (Phi) is 5.45. The summed E-state index contributed by atoms with van der Waals surface area (Å²) in [7, 11) is 0. The van der Waals surface area contributed by atoms with Crippen LogP contribution in [0.4, 0.5) is 0 Å². The van der Waals surface area contributed by atoms with E-state index in [-0.39, 0.29) is 5.91 Å². The first kappa shape index (κ1) is 16.9. The molecular weight excluding hydrogens is 322 g/mol. The summed E-state index contributed by atoms with van der Waals surface area (Å²) in [6.07, 6.45) is 5.88. The minimum absolute atomic E-state index is 0.0378. The van der Waals surface area contributed by atoms with Crippen molar-refractivity contribution in [2.45, 2.75) is 45.1 Å². The molecule has 3 heterocycles. The van der Waals surface area contributed by atoms with Gasteiger partial charge in [0.1, 0.15) is 5.75 Å². The van der Waals surface area contributed by atoms with E-state index in [1.54, 1.807) is 36.7 Å². The standard InChI is InChI=1S/C18H23N3O2S/c1-3-15-12-24-17(20-15)14-6-5-9-21(11-14)18(22)13(2)23-16-7-4-8-19-10-16/h4,7-8,10,12-14H,3,5-6,9,11H2,1-2H3. The number of carbonyl (C=O) groups excluding carboxylic acids is 1. The monoisotopic (exact) mass is 345 g/mol. The average Bonchev–Trinajstić information content (AvgIpc) is 3.11. The van der Waals surface area contributed by atoms with Crippen molar-refractivity contribution < 1.29 is 9.53 Å². The highest BCUT2D eigenvalue weighted by Gasteiger charge is 2.29. The highest BCUT2D eigenvalue weighted by atomic mass is 32.1. The number of rotatable bonds is 5. The third-order valence-electron chi connectivity index (χ3n) is 4.31. The molecule has 1 aliphatic heterocycles. The largest absolute Gasteiger partial charge is 0.479 e. The van der Waals surface area contributed by atoms with Crippen LogP contribution in [0.25, 0.3) is 0 Å². The quantitative estimate of drug-likeness (QED) is 0.834. The second-order valence-corrected chi connectivity index (χ2v) is 6.99. The highest BCUT2D eigenvalue weighted by molar-refractivity contribution is 7.09. The van der Waals surface area contributed by atoms with Crippen LogP contribution >= 0.6 is 11.3 Å². The Bertz CT molecular complexity index is 674. The number of aryl methyl sites for hydroxylation is 1. The maximum Gasteiger partial charge on any atom is 0.263 e. The zero-order valence-electron chi connectivity index (χ0n) is 14.1. The van der Waals surface area contributed by atoms with Crippen LogP contribution < -0.4 is 4.74 Å². The number of amides is 1. The van der Waals surface area contributed by atoms with E-state index in [4.69, 9.17) is 9.72 Å². The zero-order chi connectivity index (χ0) is 16.9. The summed E-state index contributed by atoms with van der Waals surface area (Å²) < 4.78 is 5.73. The summed E-state index contributed by atoms with van der Waals surface area (Å²) in [5.41, 5.74) is 1.15. The fourth-order valence-corrected chi connectivity index (χ4v) is 4.01. The van der Waals surface area contributed by atoms with Crippen LogP contribution in [0, 0.1) is 0 Å². The molecule has 2 unspecified atom stereocenters. The summed E-state index contributed by atoms with van der Waals surface area (Å²) in [6, 6.07) is 3.62. The number of hydrogen-bond acceptors (Lipinski definition) is 5. The SMILES string of the molecule is CCc1csc(C2CCCN(C(=O)C(C)Oc3cccnc3)C2)n1. The van der Waals surface area contributed by atoms with E-state index in [2.05, 4.69) is 17.3 Å². The first-order chi connectivity index (χ1) is 11.7. The number of thiazole rings is 1. The van der Waals surface area contributed by atoms with Gasteiger partial charge >= 0.3 is 0 Å². The van der Waals surface area contributed by atoms with Crippen LogP contribution in [0.5, 0.6) is 5.75 Å². The van der Waals surface area contributed by atoms with E-state index in [1.807, 2.05) is 11.0 Å². The lowest BCUT2D eigenvalue weighted by Gasteiger charge is -2.33. The van der Waals surface area contributed by atoms with Gasteiger partial charge in [0.05, 0.1) is 16.9 Å². The topological polar surface area (TPSA) is 55.3 Å². The Morgan fingerprint density at radius 2 is 2.42 bits per heavy atom. The fourth-order valence-electron chi connectivity index (χ4n) is 2.98. The van der Waals surface area contributed by atoms with Gasteiger partial charge in [0, 0.05) is 30.6 Å². The maximum absolute atomic E-state index is 12.7. The van der Waals surface area contributed by atoms with Crippen molar-refractivity contribution in [2.75, 3.05) is 13.1 Å². The summed E-state index contributed by atoms with van der Waals surface area (Å²) in [5.74, 6) is 1.01. The molecule has 2 aromatic heterocycles. The van der Waals surface area contributed by atoms with Gasteiger partial charge in [-0.05, 0) is 38.3 Å². The van der Waals surface area contributed by atoms with Gasteiger partial charge in [0.15, 0.2) is 6.10 Å². The van der Waals surface area contributed by atoms with Gasteiger partial charge in [-0.25, -0.2) is 4.98 Å². The molecule has 0 spiro atoms. The van der Waals surface area contributed by atoms with Crippen LogP contribution in [0.15, 0.2) is 29.9 Å². The Morgan fingerprint density at radius 3 is 3.12 bits per heavy atom. The van der Waals surface area contributed by atoms with Gasteiger partial charge in [0.2, 0.25) is 0 Å². The van der Waals surface area contributed by atoms with Crippen molar-refractivity contribution in [1.82, 2.24) is 14.9 Å². The molecule has 1 amide bonds. The second-order valence-electron chi connectivity index (χ2n) is 6.10. The van der Waals surface area contributed by atoms with Gasteiger partial charge in [-0.3, -0.25) is 9.78 Å². The predicted molar refractivity (Wildman–Crippen MR) is 94.4 cm³/mol. The van der Waals surface area contributed by atoms with Crippen molar-refractivity contribution in [3.63, 3.8) is 0 Å². The molecule has 0 radical (unpaired) electrons. The summed E-state index contributed by atoms with van der Waals surface area (Å²) in [4.78, 5) is 23.3. The molecule has 0 aromatic carbocycles. The first-order valence-electron chi connectivity index (χ1n) is 8.47. The molecule has 2 atom stereocenters. The van der Waals surface area contributed by atoms with Crippen molar-refractivity contribution in [3.8, 4) is 5.75 Å². The molecule has 5 nitrogen and oxygen atoms in total. The van der Waals surface area contributed by atoms with Crippen LogP contribution in [0.2, 0.25) is 0 Å². The minimum atomic E-state index is -0.504. The van der Waals surface area contributed by atoms with Gasteiger partial charge in [-0.15, -0.1) is 11.3 Å². The van der Waals surface area contributed by atoms with Crippen molar-refractivity contribution in [3.05, 3.63) is 40.6 Å². The molecule has 1 saturated heterocycles. The molecular formula is C18H23N3O2S. The van der Waals surface area contributed by atoms with Crippen LogP contribution in [-0.4, -0.2) is 40.0 Å². The maximum atomic E-state index is 12.7. The lowest BCUT2D eigenvalue weighted by atomic mass is 9.98. The Labute approximate surface area is 146 Å². The van der Waals surface area contributed by atoms with Crippen LogP contribution in [0.1, 0.15) is 43.3 Å². The van der Waals surface area contributed by atoms with Crippen molar-refractivity contribution >= 4 is 17.2 Å². The Hall–Kier alpha value is -1.95. The van der Waals surface area contributed by atoms with Crippen LogP contribution in [-0.2, 0) is 11.2 Å². The number of likely N-dealkylation sites (tertiary alicyclic amines) is 1. The van der Waals surface area contributed by atoms with Gasteiger partial charge in [0.25, 0.3) is 5.91 Å². The lowest BCUT2D eigenvalue weighted by molar-refractivity contribution is -0.139. The van der Waals surface area contributed by atoms with Gasteiger partial charge in [-0.2, -0.15) is 0 Å². The predicted octanol–water partition coefficient (Wildman–Crippen LogP) is 3.27. The molecule has 2 aromatic rings. The minimum Gasteiger partial charge on any atom is -0.479 e. The Morgan fingerprint density at radius 1 is 1.54 bits per heavy atom. The molecule has 6 heteroatoms. The number of nitrogens with zero attached hydrogens (tertiary/aromatic N) is 3. The van der Waals surface area contributed by atoms with E-state index < -0.39 is 6.10 Å². The molecule has 24 heavy (non-hydrogen) atoms. The number of piperidine rings is 1. The molecule has 0 aliphatic carbocycles. The highest BCUT2D eigenvalue weighted by Crippen LogP contribution is 2.29. The van der Waals surface area contributed by atoms with E-state index in [0.29, 0.717) is 11.7 Å². The van der Waals surface area contributed by atoms with E-state index >= 15 is 0 Å². The molecule has 3 rings (SSSR count). The Balaban J connectivity index is 1.62. The number of carbonyl (C=O) groups is 1. The number of pyridine rings is 1. The molecule has 1 fully saturated rings. The first-order valence-corrected chi connectivity index (χ1v) is 9.35. The van der Waals surface area contributed by atoms with E-state index in [9.17, 15) is 4.79 Å². The fraction of sp³-hybridized carbons (Fsp3) is 0.500. The van der Waals surface area contributed by atoms with Crippen LogP contribution in [0.3, 0.4) is 0 Å². The summed E-state index contributed by atoms with van der Waals surface area (Å²) >= 11 is 1.72. The van der Waals surface area contributed by atoms with Gasteiger partial charge < -0.3 is 9.64 Å². The van der Waals surface area contributed by atoms with Crippen molar-refractivity contribution in [1.29, 1.82) is 0 Å². The number of ether oxygens (including phenoxy) is 1. The normalized spacial score (nSPS) is 19.1. The molecule has 0 N–H and O–H groups in total.